The van der Waals surface area contributed by atoms with Crippen LogP contribution in [0, 0.1) is 0 Å². The van der Waals surface area contributed by atoms with Crippen LogP contribution in [0.15, 0.2) is 101 Å². The maximum atomic E-state index is 12.8. The predicted molar refractivity (Wildman–Crippen MR) is 153 cm³/mol. The molecule has 1 atom stereocenters. The lowest BCUT2D eigenvalue weighted by molar-refractivity contribution is -0.137. The van der Waals surface area contributed by atoms with Crippen molar-refractivity contribution in [3.05, 3.63) is 113 Å². The number of carboxylic acids is 1. The van der Waals surface area contributed by atoms with E-state index in [2.05, 4.69) is 10.3 Å². The van der Waals surface area contributed by atoms with Crippen LogP contribution in [0.1, 0.15) is 36.0 Å². The first-order valence-electron chi connectivity index (χ1n) is 12.3. The highest BCUT2D eigenvalue weighted by Crippen LogP contribution is 2.33. The van der Waals surface area contributed by atoms with Crippen molar-refractivity contribution in [2.45, 2.75) is 25.9 Å². The van der Waals surface area contributed by atoms with Gasteiger partial charge in [-0.1, -0.05) is 73.7 Å². The molecule has 5 rings (SSSR count). The molecule has 190 valence electrons. The number of aliphatic carboxylic acids is 1. The Morgan fingerprint density at radius 3 is 2.39 bits per heavy atom. The average molecular weight is 523 g/mol. The van der Waals surface area contributed by atoms with Crippen LogP contribution in [0.3, 0.4) is 0 Å². The summed E-state index contributed by atoms with van der Waals surface area (Å²) in [4.78, 5) is 28.9. The first-order valence-corrected chi connectivity index (χ1v) is 13.1. The standard InChI is InChI=1S/C31H26N2O4S/c1-20(15-29(34)35)22-11-13-26(14-12-22)32-31-33-30(36)28(38-31)18-25-16-23-9-5-6-10-24(23)17-27(25)37-19-21-7-3-2-4-8-21/h2-14,16-18,20H,15,19H2,1H3,(H,34,35)(H,32,33,36). The summed E-state index contributed by atoms with van der Waals surface area (Å²) in [7, 11) is 0. The van der Waals surface area contributed by atoms with Crippen molar-refractivity contribution in [2.75, 3.05) is 0 Å². The highest BCUT2D eigenvalue weighted by molar-refractivity contribution is 8.18. The topological polar surface area (TPSA) is 88.0 Å². The van der Waals surface area contributed by atoms with Gasteiger partial charge < -0.3 is 15.2 Å². The van der Waals surface area contributed by atoms with Crippen molar-refractivity contribution in [3.63, 3.8) is 0 Å². The van der Waals surface area contributed by atoms with E-state index in [0.717, 1.165) is 27.5 Å². The van der Waals surface area contributed by atoms with Crippen LogP contribution >= 0.6 is 11.8 Å². The highest BCUT2D eigenvalue weighted by atomic mass is 32.2. The van der Waals surface area contributed by atoms with Crippen LogP contribution < -0.4 is 10.1 Å². The van der Waals surface area contributed by atoms with E-state index in [1.54, 1.807) is 0 Å². The Balaban J connectivity index is 1.38. The molecule has 38 heavy (non-hydrogen) atoms. The number of carbonyl (C=O) groups is 2. The molecule has 1 aliphatic rings. The molecule has 1 unspecified atom stereocenters. The Kier molecular flexibility index (Phi) is 7.56. The van der Waals surface area contributed by atoms with Gasteiger partial charge in [0.15, 0.2) is 5.17 Å². The van der Waals surface area contributed by atoms with Crippen molar-refractivity contribution in [2.24, 2.45) is 4.99 Å². The van der Waals surface area contributed by atoms with E-state index in [4.69, 9.17) is 9.84 Å². The van der Waals surface area contributed by atoms with Gasteiger partial charge >= 0.3 is 5.97 Å². The fourth-order valence-electron chi connectivity index (χ4n) is 4.21. The van der Waals surface area contributed by atoms with Crippen molar-refractivity contribution >= 4 is 51.3 Å². The molecule has 4 aromatic rings. The van der Waals surface area contributed by atoms with Gasteiger partial charge in [0.2, 0.25) is 0 Å². The summed E-state index contributed by atoms with van der Waals surface area (Å²) >= 11 is 1.27. The minimum absolute atomic E-state index is 0.0692. The number of fused-ring (bicyclic) bond motifs is 1. The lowest BCUT2D eigenvalue weighted by Crippen LogP contribution is -2.19. The van der Waals surface area contributed by atoms with Crippen LogP contribution in [0.25, 0.3) is 16.8 Å². The Morgan fingerprint density at radius 1 is 1.00 bits per heavy atom. The van der Waals surface area contributed by atoms with Gasteiger partial charge in [-0.3, -0.25) is 9.59 Å². The fourth-order valence-corrected chi connectivity index (χ4v) is 5.04. The normalized spacial score (nSPS) is 16.1. The van der Waals surface area contributed by atoms with Crippen molar-refractivity contribution < 1.29 is 19.4 Å². The number of aliphatic imine (C=N–C) groups is 1. The zero-order chi connectivity index (χ0) is 26.5. The van der Waals surface area contributed by atoms with Gasteiger partial charge in [0.1, 0.15) is 12.4 Å². The third kappa shape index (κ3) is 6.12. The van der Waals surface area contributed by atoms with Crippen LogP contribution in [0.2, 0.25) is 0 Å². The number of carboxylic acid groups (broad SMARTS) is 1. The van der Waals surface area contributed by atoms with Crippen LogP contribution in [-0.4, -0.2) is 22.2 Å². The Morgan fingerprint density at radius 2 is 1.68 bits per heavy atom. The third-order valence-electron chi connectivity index (χ3n) is 6.23. The second-order valence-corrected chi connectivity index (χ2v) is 10.1. The zero-order valence-electron chi connectivity index (χ0n) is 20.8. The molecule has 0 radical (unpaired) electrons. The second kappa shape index (κ2) is 11.4. The summed E-state index contributed by atoms with van der Waals surface area (Å²) in [5.74, 6) is -0.441. The second-order valence-electron chi connectivity index (χ2n) is 9.08. The molecular weight excluding hydrogens is 496 g/mol. The first kappa shape index (κ1) is 25.3. The first-order chi connectivity index (χ1) is 18.4. The lowest BCUT2D eigenvalue weighted by atomic mass is 9.98. The largest absolute Gasteiger partial charge is 0.488 e. The highest BCUT2D eigenvalue weighted by Gasteiger charge is 2.24. The number of ether oxygens (including phenoxy) is 1. The molecule has 1 heterocycles. The molecule has 0 aliphatic carbocycles. The summed E-state index contributed by atoms with van der Waals surface area (Å²) < 4.78 is 6.20. The number of nitrogens with one attached hydrogen (secondary N) is 1. The molecular formula is C31H26N2O4S. The predicted octanol–water partition coefficient (Wildman–Crippen LogP) is 6.89. The minimum atomic E-state index is -0.828. The number of benzene rings is 4. The average Bonchev–Trinajstić information content (AvgIpc) is 3.26. The molecule has 1 amide bonds. The molecule has 7 heteroatoms. The maximum Gasteiger partial charge on any atom is 0.303 e. The molecule has 0 aromatic heterocycles. The summed E-state index contributed by atoms with van der Waals surface area (Å²) in [5, 5.41) is 14.5. The summed E-state index contributed by atoms with van der Waals surface area (Å²) in [6.07, 6.45) is 1.91. The van der Waals surface area contributed by atoms with E-state index in [0.29, 0.717) is 28.1 Å². The number of thioether (sulfide) groups is 1. The lowest BCUT2D eigenvalue weighted by Gasteiger charge is -2.12. The van der Waals surface area contributed by atoms with E-state index < -0.39 is 5.97 Å². The molecule has 1 fully saturated rings. The van der Waals surface area contributed by atoms with Crippen LogP contribution in [0.4, 0.5) is 5.69 Å². The number of nitrogens with zero attached hydrogens (tertiary/aromatic N) is 1. The number of rotatable bonds is 8. The van der Waals surface area contributed by atoms with E-state index in [9.17, 15) is 9.59 Å². The van der Waals surface area contributed by atoms with Gasteiger partial charge in [0.05, 0.1) is 17.0 Å². The van der Waals surface area contributed by atoms with Crippen LogP contribution in [-0.2, 0) is 16.2 Å². The summed E-state index contributed by atoms with van der Waals surface area (Å²) in [6.45, 7) is 2.30. The quantitative estimate of drug-likeness (QED) is 0.246. The molecule has 2 N–H and O–H groups in total. The number of amides is 1. The molecule has 1 aliphatic heterocycles. The summed E-state index contributed by atoms with van der Waals surface area (Å²) in [5.41, 5.74) is 3.48. The van der Waals surface area contributed by atoms with Crippen molar-refractivity contribution in [3.8, 4) is 5.75 Å². The molecule has 6 nitrogen and oxygen atoms in total. The molecule has 0 spiro atoms. The SMILES string of the molecule is CC(CC(=O)O)c1ccc(N=C2NC(=O)C(=Cc3cc4ccccc4cc3OCc3ccccc3)S2)cc1. The van der Waals surface area contributed by atoms with Gasteiger partial charge in [-0.05, 0) is 69.9 Å². The van der Waals surface area contributed by atoms with Gasteiger partial charge in [-0.25, -0.2) is 4.99 Å². The van der Waals surface area contributed by atoms with E-state index in [-0.39, 0.29) is 18.2 Å². The Hall–Kier alpha value is -4.36. The van der Waals surface area contributed by atoms with Crippen molar-refractivity contribution in [1.29, 1.82) is 0 Å². The number of carbonyl (C=O) groups excluding carboxylic acids is 1. The number of hydrogen-bond donors (Lipinski definition) is 2. The van der Waals surface area contributed by atoms with E-state index in [1.807, 2.05) is 104 Å². The Labute approximate surface area is 225 Å². The van der Waals surface area contributed by atoms with Gasteiger partial charge in [-0.2, -0.15) is 0 Å². The molecule has 0 bridgehead atoms. The van der Waals surface area contributed by atoms with E-state index in [1.165, 1.54) is 11.8 Å². The van der Waals surface area contributed by atoms with Gasteiger partial charge in [0.25, 0.3) is 5.91 Å². The number of amidine groups is 1. The zero-order valence-corrected chi connectivity index (χ0v) is 21.6. The number of hydrogen-bond acceptors (Lipinski definition) is 5. The fraction of sp³-hybridized carbons (Fsp3) is 0.129. The van der Waals surface area contributed by atoms with E-state index >= 15 is 0 Å². The smallest absolute Gasteiger partial charge is 0.303 e. The van der Waals surface area contributed by atoms with Crippen molar-refractivity contribution in [1.82, 2.24) is 5.32 Å². The summed E-state index contributed by atoms with van der Waals surface area (Å²) in [6, 6.07) is 29.4. The molecule has 4 aromatic carbocycles. The van der Waals surface area contributed by atoms with Crippen LogP contribution in [0.5, 0.6) is 5.75 Å². The third-order valence-corrected chi connectivity index (χ3v) is 7.14. The van der Waals surface area contributed by atoms with Gasteiger partial charge in [0, 0.05) is 5.56 Å². The minimum Gasteiger partial charge on any atom is -0.488 e. The molecule has 0 saturated carbocycles. The maximum absolute atomic E-state index is 12.8. The Bertz CT molecular complexity index is 1550. The monoisotopic (exact) mass is 522 g/mol. The van der Waals surface area contributed by atoms with Gasteiger partial charge in [-0.15, -0.1) is 0 Å². The molecule has 1 saturated heterocycles.